The van der Waals surface area contributed by atoms with Gasteiger partial charge in [0.1, 0.15) is 0 Å². The number of pyridine rings is 1. The van der Waals surface area contributed by atoms with E-state index < -0.39 is 0 Å². The van der Waals surface area contributed by atoms with Gasteiger partial charge in [0.15, 0.2) is 0 Å². The van der Waals surface area contributed by atoms with Gasteiger partial charge in [-0.2, -0.15) is 0 Å². The van der Waals surface area contributed by atoms with Gasteiger partial charge < -0.3 is 14.6 Å². The van der Waals surface area contributed by atoms with Crippen LogP contribution in [0.4, 0.5) is 0 Å². The van der Waals surface area contributed by atoms with Crippen LogP contribution >= 0.6 is 0 Å². The number of aryl methyl sites for hydroxylation is 1. The normalized spacial score (nSPS) is 23.0. The Kier molecular flexibility index (Phi) is 4.76. The van der Waals surface area contributed by atoms with Gasteiger partial charge in [0.25, 0.3) is 5.56 Å². The molecule has 116 valence electrons. The van der Waals surface area contributed by atoms with Gasteiger partial charge >= 0.3 is 0 Å². The van der Waals surface area contributed by atoms with Crippen molar-refractivity contribution in [1.29, 1.82) is 0 Å². The standard InChI is InChI=1S/C17H26N2O2/c1-13-8-9-14(11-18-15-5-2-3-6-15)17(20)19(13)12-16-7-4-10-21-16/h8-9,15-16,18H,2-7,10-12H2,1H3. The summed E-state index contributed by atoms with van der Waals surface area (Å²) >= 11 is 0. The fraction of sp³-hybridized carbons (Fsp3) is 0.706. The van der Waals surface area contributed by atoms with Crippen molar-refractivity contribution in [3.63, 3.8) is 0 Å². The molecule has 1 aromatic rings. The van der Waals surface area contributed by atoms with E-state index in [0.717, 1.165) is 30.7 Å². The highest BCUT2D eigenvalue weighted by molar-refractivity contribution is 5.15. The maximum absolute atomic E-state index is 12.6. The van der Waals surface area contributed by atoms with Crippen molar-refractivity contribution in [3.8, 4) is 0 Å². The highest BCUT2D eigenvalue weighted by Crippen LogP contribution is 2.18. The molecular formula is C17H26N2O2. The number of aromatic nitrogens is 1. The molecule has 1 atom stereocenters. The van der Waals surface area contributed by atoms with Crippen LogP contribution in [0.15, 0.2) is 16.9 Å². The molecule has 21 heavy (non-hydrogen) atoms. The minimum atomic E-state index is 0.149. The van der Waals surface area contributed by atoms with Gasteiger partial charge in [0.05, 0.1) is 12.6 Å². The van der Waals surface area contributed by atoms with Crippen molar-refractivity contribution >= 4 is 0 Å². The first-order valence-corrected chi connectivity index (χ1v) is 8.28. The Morgan fingerprint density at radius 2 is 2.05 bits per heavy atom. The summed E-state index contributed by atoms with van der Waals surface area (Å²) in [4.78, 5) is 12.6. The van der Waals surface area contributed by atoms with Crippen LogP contribution in [0.3, 0.4) is 0 Å². The number of hydrogen-bond donors (Lipinski definition) is 1. The van der Waals surface area contributed by atoms with Crippen molar-refractivity contribution < 1.29 is 4.74 Å². The zero-order chi connectivity index (χ0) is 14.7. The van der Waals surface area contributed by atoms with Crippen LogP contribution < -0.4 is 10.9 Å². The Bertz CT molecular complexity index is 526. The third kappa shape index (κ3) is 3.55. The molecule has 2 aliphatic rings. The summed E-state index contributed by atoms with van der Waals surface area (Å²) < 4.78 is 7.56. The highest BCUT2D eigenvalue weighted by atomic mass is 16.5. The second-order valence-corrected chi connectivity index (χ2v) is 6.41. The summed E-state index contributed by atoms with van der Waals surface area (Å²) in [6, 6.07) is 4.63. The molecule has 3 rings (SSSR count). The predicted molar refractivity (Wildman–Crippen MR) is 83.5 cm³/mol. The molecule has 1 aliphatic carbocycles. The number of hydrogen-bond acceptors (Lipinski definition) is 3. The van der Waals surface area contributed by atoms with Crippen molar-refractivity contribution in [1.82, 2.24) is 9.88 Å². The van der Waals surface area contributed by atoms with Gasteiger partial charge in [-0.15, -0.1) is 0 Å². The van der Waals surface area contributed by atoms with Crippen LogP contribution in [0.2, 0.25) is 0 Å². The topological polar surface area (TPSA) is 43.3 Å². The summed E-state index contributed by atoms with van der Waals surface area (Å²) in [6.45, 7) is 4.23. The van der Waals surface area contributed by atoms with E-state index in [1.54, 1.807) is 0 Å². The third-order valence-electron chi connectivity index (χ3n) is 4.82. The quantitative estimate of drug-likeness (QED) is 0.905. The summed E-state index contributed by atoms with van der Waals surface area (Å²) in [6.07, 6.45) is 7.51. The molecule has 1 N–H and O–H groups in total. The number of rotatable bonds is 5. The molecule has 1 saturated heterocycles. The fourth-order valence-corrected chi connectivity index (χ4v) is 3.45. The van der Waals surface area contributed by atoms with E-state index in [2.05, 4.69) is 11.4 Å². The SMILES string of the molecule is Cc1ccc(CNC2CCCC2)c(=O)n1CC1CCCO1. The summed E-state index contributed by atoms with van der Waals surface area (Å²) in [5.41, 5.74) is 2.06. The molecule has 0 aromatic carbocycles. The number of ether oxygens (including phenoxy) is 1. The lowest BCUT2D eigenvalue weighted by Crippen LogP contribution is -2.34. The highest BCUT2D eigenvalue weighted by Gasteiger charge is 2.19. The Morgan fingerprint density at radius 3 is 2.76 bits per heavy atom. The Hall–Kier alpha value is -1.13. The van der Waals surface area contributed by atoms with E-state index in [-0.39, 0.29) is 11.7 Å². The van der Waals surface area contributed by atoms with Gasteiger partial charge in [-0.1, -0.05) is 18.9 Å². The molecule has 1 saturated carbocycles. The van der Waals surface area contributed by atoms with Crippen molar-refractivity contribution in [3.05, 3.63) is 33.7 Å². The molecule has 4 nitrogen and oxygen atoms in total. The van der Waals surface area contributed by atoms with Crippen LogP contribution in [0, 0.1) is 6.92 Å². The molecule has 0 radical (unpaired) electrons. The van der Waals surface area contributed by atoms with E-state index in [4.69, 9.17) is 4.74 Å². The molecule has 4 heteroatoms. The van der Waals surface area contributed by atoms with E-state index in [1.165, 1.54) is 25.7 Å². The zero-order valence-corrected chi connectivity index (χ0v) is 12.9. The van der Waals surface area contributed by atoms with Crippen LogP contribution in [-0.2, 0) is 17.8 Å². The third-order valence-corrected chi connectivity index (χ3v) is 4.82. The summed E-state index contributed by atoms with van der Waals surface area (Å²) in [5.74, 6) is 0. The van der Waals surface area contributed by atoms with Crippen molar-refractivity contribution in [2.75, 3.05) is 6.61 Å². The smallest absolute Gasteiger partial charge is 0.255 e. The minimum absolute atomic E-state index is 0.149. The molecule has 0 spiro atoms. The monoisotopic (exact) mass is 290 g/mol. The lowest BCUT2D eigenvalue weighted by atomic mass is 10.2. The lowest BCUT2D eigenvalue weighted by Gasteiger charge is -2.17. The largest absolute Gasteiger partial charge is 0.376 e. The average molecular weight is 290 g/mol. The number of nitrogens with one attached hydrogen (secondary N) is 1. The maximum atomic E-state index is 12.6. The van der Waals surface area contributed by atoms with Gasteiger partial charge in [-0.25, -0.2) is 0 Å². The van der Waals surface area contributed by atoms with Crippen molar-refractivity contribution in [2.45, 2.75) is 70.7 Å². The summed E-state index contributed by atoms with van der Waals surface area (Å²) in [5, 5.41) is 3.53. The summed E-state index contributed by atoms with van der Waals surface area (Å²) in [7, 11) is 0. The first-order valence-electron chi connectivity index (χ1n) is 8.28. The Morgan fingerprint density at radius 1 is 1.24 bits per heavy atom. The van der Waals surface area contributed by atoms with Gasteiger partial charge in [-0.05, 0) is 38.7 Å². The molecule has 0 bridgehead atoms. The van der Waals surface area contributed by atoms with E-state index >= 15 is 0 Å². The van der Waals surface area contributed by atoms with E-state index in [0.29, 0.717) is 19.1 Å². The van der Waals surface area contributed by atoms with Crippen LogP contribution in [0.1, 0.15) is 49.8 Å². The van der Waals surface area contributed by atoms with Crippen LogP contribution in [0.5, 0.6) is 0 Å². The van der Waals surface area contributed by atoms with Gasteiger partial charge in [-0.3, -0.25) is 4.79 Å². The fourth-order valence-electron chi connectivity index (χ4n) is 3.45. The second kappa shape index (κ2) is 6.75. The maximum Gasteiger partial charge on any atom is 0.255 e. The molecule has 2 fully saturated rings. The van der Waals surface area contributed by atoms with Crippen LogP contribution in [-0.4, -0.2) is 23.3 Å². The first-order chi connectivity index (χ1) is 10.2. The molecule has 2 heterocycles. The molecule has 1 aromatic heterocycles. The average Bonchev–Trinajstić information content (AvgIpc) is 3.16. The van der Waals surface area contributed by atoms with E-state index in [1.807, 2.05) is 17.6 Å². The molecule has 0 amide bonds. The molecule has 1 unspecified atom stereocenters. The Labute approximate surface area is 126 Å². The van der Waals surface area contributed by atoms with Crippen LogP contribution in [0.25, 0.3) is 0 Å². The first kappa shape index (κ1) is 14.8. The Balaban J connectivity index is 1.70. The van der Waals surface area contributed by atoms with E-state index in [9.17, 15) is 4.79 Å². The molecule has 1 aliphatic heterocycles. The number of nitrogens with zero attached hydrogens (tertiary/aromatic N) is 1. The lowest BCUT2D eigenvalue weighted by molar-refractivity contribution is 0.0955. The van der Waals surface area contributed by atoms with Crippen molar-refractivity contribution in [2.24, 2.45) is 0 Å². The molecular weight excluding hydrogens is 264 g/mol. The van der Waals surface area contributed by atoms with Gasteiger partial charge in [0, 0.05) is 30.5 Å². The second-order valence-electron chi connectivity index (χ2n) is 6.41. The minimum Gasteiger partial charge on any atom is -0.376 e. The zero-order valence-electron chi connectivity index (χ0n) is 12.9. The van der Waals surface area contributed by atoms with Gasteiger partial charge in [0.2, 0.25) is 0 Å². The predicted octanol–water partition coefficient (Wildman–Crippen LogP) is 2.37.